The maximum Gasteiger partial charge on any atom is 0.123 e. The molecule has 0 unspecified atom stereocenters. The highest BCUT2D eigenvalue weighted by Gasteiger charge is 2.15. The van der Waals surface area contributed by atoms with Gasteiger partial charge in [-0.2, -0.15) is 0 Å². The molecule has 0 spiro atoms. The van der Waals surface area contributed by atoms with E-state index in [0.717, 1.165) is 28.7 Å². The second-order valence-corrected chi connectivity index (χ2v) is 5.02. The average molecular weight is 268 g/mol. The van der Waals surface area contributed by atoms with E-state index in [1.807, 2.05) is 24.4 Å². The molecule has 1 aromatic carbocycles. The quantitative estimate of drug-likeness (QED) is 0.670. The molecule has 0 amide bonds. The summed E-state index contributed by atoms with van der Waals surface area (Å²) in [5.41, 5.74) is 6.75. The van der Waals surface area contributed by atoms with Gasteiger partial charge in [0.2, 0.25) is 0 Å². The number of aromatic nitrogens is 2. The Morgan fingerprint density at radius 3 is 2.45 bits per heavy atom. The van der Waals surface area contributed by atoms with Crippen molar-refractivity contribution in [3.63, 3.8) is 0 Å². The van der Waals surface area contributed by atoms with Gasteiger partial charge >= 0.3 is 0 Å². The van der Waals surface area contributed by atoms with Gasteiger partial charge in [0, 0.05) is 24.0 Å². The maximum atomic E-state index is 13.1. The number of fused-ring (bicyclic) bond motifs is 1. The first kappa shape index (κ1) is 12.9. The van der Waals surface area contributed by atoms with E-state index in [4.69, 9.17) is 0 Å². The van der Waals surface area contributed by atoms with Crippen molar-refractivity contribution in [3.05, 3.63) is 53.6 Å². The second-order valence-electron chi connectivity index (χ2n) is 5.02. The van der Waals surface area contributed by atoms with Crippen LogP contribution in [-0.2, 0) is 6.54 Å². The molecule has 2 heterocycles. The summed E-state index contributed by atoms with van der Waals surface area (Å²) in [6.07, 6.45) is 1.83. The molecule has 20 heavy (non-hydrogen) atoms. The van der Waals surface area contributed by atoms with Crippen LogP contribution in [0.5, 0.6) is 0 Å². The van der Waals surface area contributed by atoms with E-state index in [9.17, 15) is 4.39 Å². The fourth-order valence-corrected chi connectivity index (χ4v) is 2.80. The summed E-state index contributed by atoms with van der Waals surface area (Å²) in [5, 5.41) is 0. The topological polar surface area (TPSA) is 17.8 Å². The van der Waals surface area contributed by atoms with Crippen LogP contribution in [0.3, 0.4) is 0 Å². The number of nitrogens with zero attached hydrogens (tertiary/aromatic N) is 2. The molecule has 2 aromatic heterocycles. The van der Waals surface area contributed by atoms with Crippen molar-refractivity contribution in [2.75, 3.05) is 0 Å². The molecule has 0 aliphatic heterocycles. The number of hydrogen-bond acceptors (Lipinski definition) is 1. The number of pyridine rings is 1. The minimum atomic E-state index is -0.211. The number of rotatable bonds is 2. The molecule has 0 bridgehead atoms. The molecule has 0 aliphatic rings. The summed E-state index contributed by atoms with van der Waals surface area (Å²) < 4.78 is 15.4. The zero-order chi connectivity index (χ0) is 14.3. The van der Waals surface area contributed by atoms with Crippen LogP contribution in [0.25, 0.3) is 22.2 Å². The molecule has 0 fully saturated rings. The van der Waals surface area contributed by atoms with Gasteiger partial charge in [-0.25, -0.2) is 4.39 Å². The van der Waals surface area contributed by atoms with E-state index in [-0.39, 0.29) is 5.82 Å². The van der Waals surface area contributed by atoms with Gasteiger partial charge < -0.3 is 4.57 Å². The summed E-state index contributed by atoms with van der Waals surface area (Å²) in [4.78, 5) is 4.52. The molecule has 0 saturated carbocycles. The third-order valence-electron chi connectivity index (χ3n) is 3.97. The van der Waals surface area contributed by atoms with Gasteiger partial charge in [0.25, 0.3) is 0 Å². The monoisotopic (exact) mass is 268 g/mol. The standard InChI is InChI=1S/C17H17FN2/c1-4-20-12(3)11(2)16-17(20)15(9-10-19-16)13-5-7-14(18)8-6-13/h5-10H,4H2,1-3H3. The lowest BCUT2D eigenvalue weighted by Crippen LogP contribution is -1.98. The minimum absolute atomic E-state index is 0.211. The van der Waals surface area contributed by atoms with Crippen LogP contribution in [0, 0.1) is 19.7 Å². The molecule has 0 aliphatic carbocycles. The van der Waals surface area contributed by atoms with Crippen molar-refractivity contribution in [1.82, 2.24) is 9.55 Å². The fourth-order valence-electron chi connectivity index (χ4n) is 2.80. The Bertz CT molecular complexity index is 770. The smallest absolute Gasteiger partial charge is 0.123 e. The average Bonchev–Trinajstić information content (AvgIpc) is 2.72. The lowest BCUT2D eigenvalue weighted by molar-refractivity contribution is 0.628. The van der Waals surface area contributed by atoms with E-state index in [2.05, 4.69) is 30.3 Å². The molecule has 3 heteroatoms. The van der Waals surface area contributed by atoms with E-state index < -0.39 is 0 Å². The van der Waals surface area contributed by atoms with E-state index >= 15 is 0 Å². The second kappa shape index (κ2) is 4.75. The van der Waals surface area contributed by atoms with Crippen molar-refractivity contribution < 1.29 is 4.39 Å². The summed E-state index contributed by atoms with van der Waals surface area (Å²) in [5.74, 6) is -0.211. The van der Waals surface area contributed by atoms with E-state index in [0.29, 0.717) is 0 Å². The predicted octanol–water partition coefficient (Wildman–Crippen LogP) is 4.48. The van der Waals surface area contributed by atoms with Crippen LogP contribution >= 0.6 is 0 Å². The van der Waals surface area contributed by atoms with Crippen LogP contribution in [-0.4, -0.2) is 9.55 Å². The number of hydrogen-bond donors (Lipinski definition) is 0. The fraction of sp³-hybridized carbons (Fsp3) is 0.235. The number of halogens is 1. The lowest BCUT2D eigenvalue weighted by Gasteiger charge is -2.09. The summed E-state index contributed by atoms with van der Waals surface area (Å²) in [7, 11) is 0. The lowest BCUT2D eigenvalue weighted by atomic mass is 10.0. The van der Waals surface area contributed by atoms with Gasteiger partial charge in [0.15, 0.2) is 0 Å². The molecular formula is C17H17FN2. The van der Waals surface area contributed by atoms with Crippen molar-refractivity contribution in [3.8, 4) is 11.1 Å². The zero-order valence-electron chi connectivity index (χ0n) is 11.9. The first-order chi connectivity index (χ1) is 9.63. The first-order valence-corrected chi connectivity index (χ1v) is 6.83. The highest BCUT2D eigenvalue weighted by Crippen LogP contribution is 2.32. The predicted molar refractivity (Wildman–Crippen MR) is 80.3 cm³/mol. The van der Waals surface area contributed by atoms with Gasteiger partial charge in [0.1, 0.15) is 5.82 Å². The van der Waals surface area contributed by atoms with Gasteiger partial charge in [-0.15, -0.1) is 0 Å². The van der Waals surface area contributed by atoms with Crippen molar-refractivity contribution >= 4 is 11.0 Å². The Morgan fingerprint density at radius 1 is 1.10 bits per heavy atom. The van der Waals surface area contributed by atoms with Crippen molar-refractivity contribution in [2.24, 2.45) is 0 Å². The Kier molecular flexibility index (Phi) is 3.05. The third kappa shape index (κ3) is 1.82. The van der Waals surface area contributed by atoms with Crippen LogP contribution in [0.4, 0.5) is 4.39 Å². The normalized spacial score (nSPS) is 11.2. The Balaban J connectivity index is 2.36. The molecule has 0 atom stereocenters. The Labute approximate surface area is 117 Å². The third-order valence-corrected chi connectivity index (χ3v) is 3.97. The summed E-state index contributed by atoms with van der Waals surface area (Å²) >= 11 is 0. The molecular weight excluding hydrogens is 251 g/mol. The largest absolute Gasteiger partial charge is 0.343 e. The zero-order valence-corrected chi connectivity index (χ0v) is 11.9. The molecule has 3 rings (SSSR count). The molecule has 102 valence electrons. The number of benzene rings is 1. The van der Waals surface area contributed by atoms with Crippen LogP contribution < -0.4 is 0 Å². The van der Waals surface area contributed by atoms with Crippen LogP contribution in [0.1, 0.15) is 18.2 Å². The highest BCUT2D eigenvalue weighted by molar-refractivity contribution is 5.94. The Morgan fingerprint density at radius 2 is 1.80 bits per heavy atom. The van der Waals surface area contributed by atoms with Gasteiger partial charge in [-0.1, -0.05) is 12.1 Å². The highest BCUT2D eigenvalue weighted by atomic mass is 19.1. The summed E-state index contributed by atoms with van der Waals surface area (Å²) in [6, 6.07) is 8.64. The van der Waals surface area contributed by atoms with Gasteiger partial charge in [-0.05, 0) is 50.1 Å². The first-order valence-electron chi connectivity index (χ1n) is 6.83. The Hall–Kier alpha value is -2.16. The van der Waals surface area contributed by atoms with E-state index in [1.54, 1.807) is 0 Å². The molecule has 0 radical (unpaired) electrons. The minimum Gasteiger partial charge on any atom is -0.343 e. The molecule has 2 nitrogen and oxygen atoms in total. The van der Waals surface area contributed by atoms with Crippen LogP contribution in [0.2, 0.25) is 0 Å². The van der Waals surface area contributed by atoms with Crippen molar-refractivity contribution in [2.45, 2.75) is 27.3 Å². The van der Waals surface area contributed by atoms with E-state index in [1.165, 1.54) is 23.4 Å². The van der Waals surface area contributed by atoms with Crippen molar-refractivity contribution in [1.29, 1.82) is 0 Å². The van der Waals surface area contributed by atoms with Gasteiger partial charge in [-0.3, -0.25) is 4.98 Å². The van der Waals surface area contributed by atoms with Crippen LogP contribution in [0.15, 0.2) is 36.5 Å². The maximum absolute atomic E-state index is 13.1. The molecule has 0 saturated heterocycles. The van der Waals surface area contributed by atoms with Gasteiger partial charge in [0.05, 0.1) is 11.0 Å². The number of aryl methyl sites for hydroxylation is 2. The SMILES string of the molecule is CCn1c(C)c(C)c2nccc(-c3ccc(F)cc3)c21. The molecule has 0 N–H and O–H groups in total. The summed E-state index contributed by atoms with van der Waals surface area (Å²) in [6.45, 7) is 7.25. The molecule has 3 aromatic rings.